The number of halogens is 2. The summed E-state index contributed by atoms with van der Waals surface area (Å²) in [6.07, 6.45) is 1.21. The first-order chi connectivity index (χ1) is 7.86. The smallest absolute Gasteiger partial charge is 0.366 e. The predicted octanol–water partition coefficient (Wildman–Crippen LogP) is 2.65. The van der Waals surface area contributed by atoms with Crippen LogP contribution in [0.2, 0.25) is 0 Å². The number of rotatable bonds is 4. The number of benzene rings is 1. The van der Waals surface area contributed by atoms with E-state index in [9.17, 15) is 18.1 Å². The molecule has 0 aromatic heterocycles. The molecule has 1 amide bonds. The van der Waals surface area contributed by atoms with Crippen LogP contribution in [0, 0.1) is 0 Å². The molecule has 0 aliphatic carbocycles. The minimum Gasteiger partial charge on any atom is -0.366 e. The summed E-state index contributed by atoms with van der Waals surface area (Å²) in [6.45, 7) is 1.65. The predicted molar refractivity (Wildman–Crippen MR) is 62.2 cm³/mol. The van der Waals surface area contributed by atoms with Crippen LogP contribution in [0.25, 0.3) is 5.57 Å². The molecule has 0 spiro atoms. The number of carbonyl (C=O) groups excluding carboxylic acids is 1. The molecule has 1 rings (SSSR count). The lowest BCUT2D eigenvalue weighted by molar-refractivity contribution is -0.113. The molecule has 1 aromatic carbocycles. The minimum absolute atomic E-state index is 0.318. The van der Waals surface area contributed by atoms with Gasteiger partial charge >= 0.3 is 14.1 Å². The molecule has 0 saturated carbocycles. The molecule has 1 unspecified atom stereocenters. The number of amides is 1. The van der Waals surface area contributed by atoms with Gasteiger partial charge in [-0.3, -0.25) is 4.79 Å². The highest BCUT2D eigenvalue weighted by Gasteiger charge is 2.41. The Morgan fingerprint density at radius 2 is 1.88 bits per heavy atom. The second kappa shape index (κ2) is 5.15. The van der Waals surface area contributed by atoms with Gasteiger partial charge in [0.25, 0.3) is 0 Å². The number of allylic oxidation sites excluding steroid dienone is 1. The van der Waals surface area contributed by atoms with Crippen LogP contribution in [0.1, 0.15) is 18.1 Å². The monoisotopic (exact) mass is 258 g/mol. The zero-order valence-electron chi connectivity index (χ0n) is 9.04. The zero-order valence-corrected chi connectivity index (χ0v) is 10.0. The number of carbonyl (C=O) groups is 1. The standard InChI is InChI=1S/C11H10F2NO2P/c1-7(6-10(14)15)8-2-4-9(5-3-8)11(12,13)17-16/h2-6H,1H3,(H2,14,15)/p+1/b7-6+. The lowest BCUT2D eigenvalue weighted by Gasteiger charge is -2.04. The van der Waals surface area contributed by atoms with Crippen molar-refractivity contribution in [3.8, 4) is 0 Å². The molecule has 0 aliphatic rings. The Morgan fingerprint density at radius 1 is 1.35 bits per heavy atom. The van der Waals surface area contributed by atoms with Crippen molar-refractivity contribution in [3.05, 3.63) is 41.5 Å². The molecule has 6 heteroatoms. The van der Waals surface area contributed by atoms with E-state index in [2.05, 4.69) is 0 Å². The summed E-state index contributed by atoms with van der Waals surface area (Å²) in [5.41, 5.74) is 2.51. The van der Waals surface area contributed by atoms with E-state index in [1.807, 2.05) is 0 Å². The third-order valence-electron chi connectivity index (χ3n) is 2.19. The zero-order chi connectivity index (χ0) is 13.1. The molecular weight excluding hydrogens is 247 g/mol. The van der Waals surface area contributed by atoms with Crippen LogP contribution < -0.4 is 5.73 Å². The Kier molecular flexibility index (Phi) is 4.07. The van der Waals surface area contributed by atoms with E-state index in [0.29, 0.717) is 11.1 Å². The Bertz CT molecular complexity index is 469. The molecule has 90 valence electrons. The van der Waals surface area contributed by atoms with Gasteiger partial charge in [-0.05, 0) is 30.2 Å². The normalized spacial score (nSPS) is 12.8. The average molecular weight is 258 g/mol. The fourth-order valence-electron chi connectivity index (χ4n) is 1.30. The summed E-state index contributed by atoms with van der Waals surface area (Å²) < 4.78 is 36.4. The Balaban J connectivity index is 3.04. The lowest BCUT2D eigenvalue weighted by Crippen LogP contribution is -2.06. The van der Waals surface area contributed by atoms with Crippen molar-refractivity contribution in [2.24, 2.45) is 5.73 Å². The summed E-state index contributed by atoms with van der Waals surface area (Å²) in [6, 6.07) is 5.22. The molecule has 0 heterocycles. The molecule has 17 heavy (non-hydrogen) atoms. The van der Waals surface area contributed by atoms with Crippen molar-refractivity contribution in [2.45, 2.75) is 12.6 Å². The summed E-state index contributed by atoms with van der Waals surface area (Å²) in [5.74, 6) is -0.599. The second-order valence-corrected chi connectivity index (χ2v) is 4.32. The summed E-state index contributed by atoms with van der Waals surface area (Å²) in [7, 11) is -1.72. The largest absolute Gasteiger partial charge is 0.466 e. The highest BCUT2D eigenvalue weighted by atomic mass is 31.1. The Morgan fingerprint density at radius 3 is 2.29 bits per heavy atom. The van der Waals surface area contributed by atoms with Crippen molar-refractivity contribution in [3.63, 3.8) is 0 Å². The minimum atomic E-state index is -3.33. The van der Waals surface area contributed by atoms with Crippen molar-refractivity contribution in [1.82, 2.24) is 0 Å². The molecular formula is C11H11F2NO2P+. The van der Waals surface area contributed by atoms with E-state index in [1.54, 1.807) is 6.92 Å². The molecule has 0 radical (unpaired) electrons. The Labute approximate surface area is 98.5 Å². The Hall–Kier alpha value is -1.61. The molecule has 2 N–H and O–H groups in total. The van der Waals surface area contributed by atoms with Crippen LogP contribution in [0.5, 0.6) is 0 Å². The van der Waals surface area contributed by atoms with Gasteiger partial charge in [0.05, 0.1) is 5.56 Å². The molecule has 0 aliphatic heterocycles. The quantitative estimate of drug-likeness (QED) is 0.666. The maximum atomic E-state index is 13.0. The third kappa shape index (κ3) is 3.43. The molecule has 0 bridgehead atoms. The topological polar surface area (TPSA) is 60.2 Å². The fraction of sp³-hybridized carbons (Fsp3) is 0.182. The van der Waals surface area contributed by atoms with Crippen molar-refractivity contribution >= 4 is 19.9 Å². The van der Waals surface area contributed by atoms with Gasteiger partial charge in [0.2, 0.25) is 5.91 Å². The van der Waals surface area contributed by atoms with Gasteiger partial charge in [-0.2, -0.15) is 8.78 Å². The van der Waals surface area contributed by atoms with Gasteiger partial charge in [-0.1, -0.05) is 16.7 Å². The van der Waals surface area contributed by atoms with Gasteiger partial charge < -0.3 is 5.73 Å². The average Bonchev–Trinajstić information content (AvgIpc) is 2.28. The first kappa shape index (κ1) is 13.5. The molecule has 0 saturated heterocycles. The summed E-state index contributed by atoms with van der Waals surface area (Å²) >= 11 is 0. The number of primary amides is 1. The SMILES string of the molecule is C/C(=C\C(N)=O)c1ccc(C(F)(F)[PH+]=O)cc1. The van der Waals surface area contributed by atoms with Crippen LogP contribution in [0.4, 0.5) is 8.78 Å². The summed E-state index contributed by atoms with van der Waals surface area (Å²) in [5, 5.41) is 0. The van der Waals surface area contributed by atoms with Crippen LogP contribution in [0.3, 0.4) is 0 Å². The van der Waals surface area contributed by atoms with Crippen molar-refractivity contribution < 1.29 is 18.1 Å². The maximum absolute atomic E-state index is 13.0. The van der Waals surface area contributed by atoms with E-state index in [-0.39, 0.29) is 5.56 Å². The second-order valence-electron chi connectivity index (χ2n) is 3.48. The molecule has 0 fully saturated rings. The number of hydrogen-bond acceptors (Lipinski definition) is 2. The van der Waals surface area contributed by atoms with Crippen molar-refractivity contribution in [2.75, 3.05) is 0 Å². The van der Waals surface area contributed by atoms with Gasteiger partial charge in [0.1, 0.15) is 0 Å². The maximum Gasteiger partial charge on any atom is 0.466 e. The van der Waals surface area contributed by atoms with E-state index < -0.39 is 20.0 Å². The van der Waals surface area contributed by atoms with E-state index >= 15 is 0 Å². The lowest BCUT2D eigenvalue weighted by atomic mass is 10.1. The number of alkyl halides is 2. The molecule has 1 aromatic rings. The van der Waals surface area contributed by atoms with Gasteiger partial charge in [0, 0.05) is 6.08 Å². The number of hydrogen-bond donors (Lipinski definition) is 1. The first-order valence-electron chi connectivity index (χ1n) is 4.72. The molecule has 1 atom stereocenters. The summed E-state index contributed by atoms with van der Waals surface area (Å²) in [4.78, 5) is 10.6. The van der Waals surface area contributed by atoms with Gasteiger partial charge in [-0.15, -0.1) is 0 Å². The highest BCUT2D eigenvalue weighted by molar-refractivity contribution is 7.24. The fourth-order valence-corrected chi connectivity index (χ4v) is 1.58. The third-order valence-corrected chi connectivity index (χ3v) is 2.73. The van der Waals surface area contributed by atoms with Gasteiger partial charge in [0.15, 0.2) is 0 Å². The van der Waals surface area contributed by atoms with Gasteiger partial charge in [-0.25, -0.2) is 0 Å². The van der Waals surface area contributed by atoms with E-state index in [0.717, 1.165) is 0 Å². The van der Waals surface area contributed by atoms with E-state index in [4.69, 9.17) is 5.73 Å². The van der Waals surface area contributed by atoms with E-state index in [1.165, 1.54) is 30.3 Å². The van der Waals surface area contributed by atoms with Crippen molar-refractivity contribution in [1.29, 1.82) is 0 Å². The molecule has 3 nitrogen and oxygen atoms in total. The highest BCUT2D eigenvalue weighted by Crippen LogP contribution is 2.38. The van der Waals surface area contributed by atoms with Crippen LogP contribution in [0.15, 0.2) is 30.3 Å². The first-order valence-corrected chi connectivity index (χ1v) is 5.63. The van der Waals surface area contributed by atoms with Crippen LogP contribution in [-0.4, -0.2) is 5.91 Å². The number of nitrogens with two attached hydrogens (primary N) is 1. The van der Waals surface area contributed by atoms with Crippen LogP contribution in [-0.2, 0) is 15.0 Å². The van der Waals surface area contributed by atoms with Crippen LogP contribution >= 0.6 is 8.46 Å².